The van der Waals surface area contributed by atoms with Crippen LogP contribution in [-0.4, -0.2) is 10.1 Å². The molecule has 1 aliphatic carbocycles. The molecule has 1 heterocycles. The van der Waals surface area contributed by atoms with Gasteiger partial charge in [0.2, 0.25) is 0 Å². The molecule has 0 bridgehead atoms. The Morgan fingerprint density at radius 2 is 2.12 bits per heavy atom. The average molecular weight is 220 g/mol. The third-order valence-electron chi connectivity index (χ3n) is 3.80. The molecule has 2 rings (SSSR count). The third kappa shape index (κ3) is 1.69. The molecule has 0 radical (unpaired) electrons. The molecule has 1 saturated carbocycles. The predicted molar refractivity (Wildman–Crippen MR) is 64.8 cm³/mol. The van der Waals surface area contributed by atoms with Gasteiger partial charge in [-0.1, -0.05) is 13.8 Å². The van der Waals surface area contributed by atoms with Crippen LogP contribution < -0.4 is 5.73 Å². The van der Waals surface area contributed by atoms with Crippen molar-refractivity contribution < 1.29 is 5.11 Å². The Morgan fingerprint density at radius 3 is 2.62 bits per heavy atom. The van der Waals surface area contributed by atoms with Gasteiger partial charge in [-0.05, 0) is 43.2 Å². The van der Waals surface area contributed by atoms with Crippen molar-refractivity contribution in [3.05, 3.63) is 23.4 Å². The number of rotatable bonds is 2. The van der Waals surface area contributed by atoms with Crippen molar-refractivity contribution >= 4 is 5.82 Å². The number of nitrogens with two attached hydrogens (primary N) is 1. The predicted octanol–water partition coefficient (Wildman–Crippen LogP) is 2.23. The monoisotopic (exact) mass is 220 g/mol. The van der Waals surface area contributed by atoms with Crippen LogP contribution in [0.25, 0.3) is 0 Å². The van der Waals surface area contributed by atoms with Crippen LogP contribution in [0.1, 0.15) is 37.8 Å². The number of nitrogen functional groups attached to an aromatic ring is 1. The van der Waals surface area contributed by atoms with E-state index in [4.69, 9.17) is 5.73 Å². The van der Waals surface area contributed by atoms with Gasteiger partial charge in [0.15, 0.2) is 0 Å². The van der Waals surface area contributed by atoms with E-state index < -0.39 is 5.60 Å². The van der Waals surface area contributed by atoms with E-state index in [9.17, 15) is 5.11 Å². The lowest BCUT2D eigenvalue weighted by Gasteiger charge is -2.46. The lowest BCUT2D eigenvalue weighted by Crippen LogP contribution is -2.44. The molecule has 0 unspecified atom stereocenters. The number of aliphatic hydroxyl groups is 1. The van der Waals surface area contributed by atoms with Gasteiger partial charge in [-0.3, -0.25) is 0 Å². The van der Waals surface area contributed by atoms with E-state index >= 15 is 0 Å². The first-order chi connectivity index (χ1) is 7.44. The van der Waals surface area contributed by atoms with E-state index in [0.29, 0.717) is 17.7 Å². The van der Waals surface area contributed by atoms with Crippen molar-refractivity contribution in [3.8, 4) is 0 Å². The van der Waals surface area contributed by atoms with Crippen molar-refractivity contribution in [1.82, 2.24) is 4.98 Å². The van der Waals surface area contributed by atoms with Crippen LogP contribution in [0, 0.1) is 18.8 Å². The highest BCUT2D eigenvalue weighted by Crippen LogP contribution is 2.50. The fourth-order valence-corrected chi connectivity index (χ4v) is 2.67. The largest absolute Gasteiger partial charge is 0.385 e. The molecular formula is C13H20N2O. The zero-order chi connectivity index (χ0) is 11.9. The standard InChI is InChI=1S/C13H20N2O/c1-8(2)10-6-13(16,7-10)11-9(3)4-5-15-12(11)14/h4-5,8,10,16H,6-7H2,1-3H3,(H2,14,15). The molecule has 0 spiro atoms. The second-order valence-electron chi connectivity index (χ2n) is 5.33. The van der Waals surface area contributed by atoms with E-state index in [0.717, 1.165) is 24.0 Å². The van der Waals surface area contributed by atoms with Crippen molar-refractivity contribution in [2.75, 3.05) is 5.73 Å². The van der Waals surface area contributed by atoms with Crippen LogP contribution in [-0.2, 0) is 5.60 Å². The maximum absolute atomic E-state index is 10.5. The zero-order valence-electron chi connectivity index (χ0n) is 10.2. The summed E-state index contributed by atoms with van der Waals surface area (Å²) >= 11 is 0. The van der Waals surface area contributed by atoms with E-state index in [1.807, 2.05) is 13.0 Å². The molecular weight excluding hydrogens is 200 g/mol. The number of aryl methyl sites for hydroxylation is 1. The smallest absolute Gasteiger partial charge is 0.129 e. The molecule has 0 saturated heterocycles. The van der Waals surface area contributed by atoms with Gasteiger partial charge in [-0.15, -0.1) is 0 Å². The third-order valence-corrected chi connectivity index (χ3v) is 3.80. The molecule has 0 aromatic carbocycles. The normalized spacial score (nSPS) is 29.2. The molecule has 16 heavy (non-hydrogen) atoms. The highest BCUT2D eigenvalue weighted by atomic mass is 16.3. The Hall–Kier alpha value is -1.09. The Labute approximate surface area is 96.7 Å². The molecule has 3 heteroatoms. The molecule has 1 fully saturated rings. The van der Waals surface area contributed by atoms with Gasteiger partial charge in [-0.25, -0.2) is 4.98 Å². The van der Waals surface area contributed by atoms with Gasteiger partial charge in [0.05, 0.1) is 5.60 Å². The molecule has 3 N–H and O–H groups in total. The fraction of sp³-hybridized carbons (Fsp3) is 0.615. The summed E-state index contributed by atoms with van der Waals surface area (Å²) in [7, 11) is 0. The van der Waals surface area contributed by atoms with Crippen molar-refractivity contribution in [3.63, 3.8) is 0 Å². The van der Waals surface area contributed by atoms with Crippen LogP contribution in [0.4, 0.5) is 5.82 Å². The Balaban J connectivity index is 2.26. The number of pyridine rings is 1. The fourth-order valence-electron chi connectivity index (χ4n) is 2.67. The molecule has 88 valence electrons. The number of hydrogen-bond acceptors (Lipinski definition) is 3. The number of aromatic nitrogens is 1. The summed E-state index contributed by atoms with van der Waals surface area (Å²) in [6.45, 7) is 6.38. The van der Waals surface area contributed by atoms with Crippen LogP contribution in [0.15, 0.2) is 12.3 Å². The molecule has 0 amide bonds. The molecule has 3 nitrogen and oxygen atoms in total. The first-order valence-electron chi connectivity index (χ1n) is 5.88. The zero-order valence-corrected chi connectivity index (χ0v) is 10.2. The molecule has 1 aromatic heterocycles. The second-order valence-corrected chi connectivity index (χ2v) is 5.33. The van der Waals surface area contributed by atoms with Crippen molar-refractivity contribution in [2.24, 2.45) is 11.8 Å². The first kappa shape index (κ1) is 11.4. The van der Waals surface area contributed by atoms with Crippen LogP contribution in [0.5, 0.6) is 0 Å². The Morgan fingerprint density at radius 1 is 1.50 bits per heavy atom. The van der Waals surface area contributed by atoms with Gasteiger partial charge in [0, 0.05) is 11.8 Å². The van der Waals surface area contributed by atoms with E-state index in [-0.39, 0.29) is 0 Å². The SMILES string of the molecule is Cc1ccnc(N)c1C1(O)CC(C(C)C)C1. The molecule has 1 aliphatic rings. The summed E-state index contributed by atoms with van der Waals surface area (Å²) in [6.07, 6.45) is 3.30. The van der Waals surface area contributed by atoms with Gasteiger partial charge < -0.3 is 10.8 Å². The van der Waals surface area contributed by atoms with Gasteiger partial charge in [0.1, 0.15) is 5.82 Å². The highest BCUT2D eigenvalue weighted by molar-refractivity contribution is 5.48. The minimum atomic E-state index is -0.739. The van der Waals surface area contributed by atoms with E-state index in [2.05, 4.69) is 18.8 Å². The summed E-state index contributed by atoms with van der Waals surface area (Å²) < 4.78 is 0. The lowest BCUT2D eigenvalue weighted by atomic mass is 9.63. The van der Waals surface area contributed by atoms with Crippen molar-refractivity contribution in [2.45, 2.75) is 39.2 Å². The minimum Gasteiger partial charge on any atom is -0.385 e. The molecule has 0 aliphatic heterocycles. The molecule has 0 atom stereocenters. The van der Waals surface area contributed by atoms with Crippen LogP contribution in [0.2, 0.25) is 0 Å². The summed E-state index contributed by atoms with van der Waals surface area (Å²) in [4.78, 5) is 4.08. The summed E-state index contributed by atoms with van der Waals surface area (Å²) in [5, 5.41) is 10.5. The van der Waals surface area contributed by atoms with Gasteiger partial charge in [0.25, 0.3) is 0 Å². The summed E-state index contributed by atoms with van der Waals surface area (Å²) in [5.41, 5.74) is 7.01. The maximum atomic E-state index is 10.5. The lowest BCUT2D eigenvalue weighted by molar-refractivity contribution is -0.0933. The van der Waals surface area contributed by atoms with E-state index in [1.165, 1.54) is 0 Å². The maximum Gasteiger partial charge on any atom is 0.129 e. The van der Waals surface area contributed by atoms with E-state index in [1.54, 1.807) is 6.20 Å². The summed E-state index contributed by atoms with van der Waals surface area (Å²) in [6, 6.07) is 1.91. The van der Waals surface area contributed by atoms with Gasteiger partial charge in [-0.2, -0.15) is 0 Å². The van der Waals surface area contributed by atoms with Crippen molar-refractivity contribution in [1.29, 1.82) is 0 Å². The first-order valence-corrected chi connectivity index (χ1v) is 5.88. The van der Waals surface area contributed by atoms with Gasteiger partial charge >= 0.3 is 0 Å². The molecule has 1 aromatic rings. The Bertz CT molecular complexity index is 375. The number of nitrogens with zero attached hydrogens (tertiary/aromatic N) is 1. The summed E-state index contributed by atoms with van der Waals surface area (Å²) in [5.74, 6) is 1.70. The minimum absolute atomic E-state index is 0.477. The number of anilines is 1. The van der Waals surface area contributed by atoms with Crippen LogP contribution >= 0.6 is 0 Å². The topological polar surface area (TPSA) is 59.1 Å². The van der Waals surface area contributed by atoms with Crippen LogP contribution in [0.3, 0.4) is 0 Å². The average Bonchev–Trinajstić information content (AvgIpc) is 2.13. The quantitative estimate of drug-likeness (QED) is 0.803. The second kappa shape index (κ2) is 3.74. The number of hydrogen-bond donors (Lipinski definition) is 2. The highest BCUT2D eigenvalue weighted by Gasteiger charge is 2.46. The Kier molecular flexibility index (Phi) is 2.66.